The highest BCUT2D eigenvalue weighted by Crippen LogP contribution is 2.02. The maximum absolute atomic E-state index is 11.4. The van der Waals surface area contributed by atoms with Crippen LogP contribution >= 0.6 is 0 Å². The van der Waals surface area contributed by atoms with E-state index < -0.39 is 17.8 Å². The molecule has 112 valence electrons. The number of rotatable bonds is 5. The molecule has 7 heteroatoms. The molecule has 0 aliphatic heterocycles. The second-order valence-corrected chi connectivity index (χ2v) is 4.73. The van der Waals surface area contributed by atoms with E-state index in [1.54, 1.807) is 0 Å². The summed E-state index contributed by atoms with van der Waals surface area (Å²) in [7, 11) is 0. The molecule has 0 bridgehead atoms. The number of carbonyl (C=O) groups is 3. The SMILES string of the molecule is CC(C)CNC(=O)C(=O)N/N=C\c1ccc(C(=O)O)cc1. The Morgan fingerprint density at radius 3 is 2.33 bits per heavy atom. The van der Waals surface area contributed by atoms with Crippen molar-refractivity contribution in [3.05, 3.63) is 35.4 Å². The first-order valence-electron chi connectivity index (χ1n) is 6.34. The van der Waals surface area contributed by atoms with Crippen molar-refractivity contribution in [2.24, 2.45) is 11.0 Å². The Bertz CT molecular complexity index is 550. The number of benzene rings is 1. The maximum atomic E-state index is 11.4. The summed E-state index contributed by atoms with van der Waals surface area (Å²) in [6, 6.07) is 5.91. The highest BCUT2D eigenvalue weighted by Gasteiger charge is 2.11. The van der Waals surface area contributed by atoms with Gasteiger partial charge in [-0.1, -0.05) is 26.0 Å². The summed E-state index contributed by atoms with van der Waals surface area (Å²) in [5.74, 6) is -2.37. The highest BCUT2D eigenvalue weighted by atomic mass is 16.4. The fraction of sp³-hybridized carbons (Fsp3) is 0.286. The summed E-state index contributed by atoms with van der Waals surface area (Å²) in [6.07, 6.45) is 1.32. The Morgan fingerprint density at radius 2 is 1.81 bits per heavy atom. The summed E-state index contributed by atoms with van der Waals surface area (Å²) in [6.45, 7) is 4.24. The number of aromatic carboxylic acids is 1. The number of hydrogen-bond acceptors (Lipinski definition) is 4. The molecule has 1 rings (SSSR count). The van der Waals surface area contributed by atoms with Crippen molar-refractivity contribution in [1.82, 2.24) is 10.7 Å². The average Bonchev–Trinajstić information content (AvgIpc) is 2.45. The van der Waals surface area contributed by atoms with Crippen LogP contribution in [0.4, 0.5) is 0 Å². The number of nitrogens with zero attached hydrogens (tertiary/aromatic N) is 1. The summed E-state index contributed by atoms with van der Waals surface area (Å²) >= 11 is 0. The minimum Gasteiger partial charge on any atom is -0.478 e. The molecule has 0 spiro atoms. The van der Waals surface area contributed by atoms with Crippen molar-refractivity contribution in [3.63, 3.8) is 0 Å². The van der Waals surface area contributed by atoms with Gasteiger partial charge in [0.1, 0.15) is 0 Å². The molecular formula is C14H17N3O4. The molecule has 0 unspecified atom stereocenters. The number of nitrogens with one attached hydrogen (secondary N) is 2. The maximum Gasteiger partial charge on any atom is 0.335 e. The van der Waals surface area contributed by atoms with Crippen LogP contribution in [0.5, 0.6) is 0 Å². The van der Waals surface area contributed by atoms with Crippen molar-refractivity contribution < 1.29 is 19.5 Å². The van der Waals surface area contributed by atoms with Crippen LogP contribution in [-0.2, 0) is 9.59 Å². The standard InChI is InChI=1S/C14H17N3O4/c1-9(2)7-15-12(18)13(19)17-16-8-10-3-5-11(6-4-10)14(20)21/h3-6,8-9H,7H2,1-2H3,(H,15,18)(H,17,19)(H,20,21)/b16-8-. The highest BCUT2D eigenvalue weighted by molar-refractivity contribution is 6.35. The van der Waals surface area contributed by atoms with Gasteiger partial charge in [-0.3, -0.25) is 9.59 Å². The van der Waals surface area contributed by atoms with E-state index in [0.717, 1.165) is 0 Å². The molecule has 0 heterocycles. The Hall–Kier alpha value is -2.70. The van der Waals surface area contributed by atoms with E-state index in [-0.39, 0.29) is 11.5 Å². The summed E-state index contributed by atoms with van der Waals surface area (Å²) in [5.41, 5.74) is 2.85. The Balaban J connectivity index is 2.48. The van der Waals surface area contributed by atoms with E-state index in [2.05, 4.69) is 15.8 Å². The van der Waals surface area contributed by atoms with E-state index in [9.17, 15) is 14.4 Å². The molecule has 7 nitrogen and oxygen atoms in total. The van der Waals surface area contributed by atoms with Crippen LogP contribution in [0.2, 0.25) is 0 Å². The molecule has 0 saturated heterocycles. The van der Waals surface area contributed by atoms with Crippen LogP contribution in [0.3, 0.4) is 0 Å². The first kappa shape index (κ1) is 16.4. The van der Waals surface area contributed by atoms with Gasteiger partial charge in [0, 0.05) is 6.54 Å². The molecule has 1 aromatic rings. The zero-order valence-electron chi connectivity index (χ0n) is 11.8. The minimum atomic E-state index is -1.02. The molecule has 0 radical (unpaired) electrons. The van der Waals surface area contributed by atoms with Crippen LogP contribution in [0.15, 0.2) is 29.4 Å². The van der Waals surface area contributed by atoms with E-state index >= 15 is 0 Å². The lowest BCUT2D eigenvalue weighted by atomic mass is 10.1. The quantitative estimate of drug-likeness (QED) is 0.419. The van der Waals surface area contributed by atoms with E-state index in [0.29, 0.717) is 12.1 Å². The normalized spacial score (nSPS) is 10.6. The Kier molecular flexibility index (Phi) is 6.06. The van der Waals surface area contributed by atoms with E-state index in [4.69, 9.17) is 5.11 Å². The fourth-order valence-corrected chi connectivity index (χ4v) is 1.31. The number of hydrogen-bond donors (Lipinski definition) is 3. The average molecular weight is 291 g/mol. The lowest BCUT2D eigenvalue weighted by molar-refractivity contribution is -0.139. The van der Waals surface area contributed by atoms with Gasteiger partial charge < -0.3 is 10.4 Å². The van der Waals surface area contributed by atoms with Gasteiger partial charge >= 0.3 is 17.8 Å². The summed E-state index contributed by atoms with van der Waals surface area (Å²) in [5, 5.41) is 14.8. The molecule has 0 aliphatic rings. The van der Waals surface area contributed by atoms with Gasteiger partial charge in [0.25, 0.3) is 0 Å². The molecule has 0 atom stereocenters. The summed E-state index contributed by atoms with van der Waals surface area (Å²) < 4.78 is 0. The number of carboxylic acids is 1. The van der Waals surface area contributed by atoms with Crippen LogP contribution in [0, 0.1) is 5.92 Å². The predicted molar refractivity (Wildman–Crippen MR) is 77.0 cm³/mol. The third-order valence-electron chi connectivity index (χ3n) is 2.41. The van der Waals surface area contributed by atoms with E-state index in [1.165, 1.54) is 30.5 Å². The van der Waals surface area contributed by atoms with Crippen molar-refractivity contribution in [2.75, 3.05) is 6.54 Å². The first-order valence-corrected chi connectivity index (χ1v) is 6.34. The lowest BCUT2D eigenvalue weighted by Gasteiger charge is -2.05. The Labute approximate surface area is 122 Å². The third kappa shape index (κ3) is 5.85. The van der Waals surface area contributed by atoms with Gasteiger partial charge in [-0.05, 0) is 23.6 Å². The van der Waals surface area contributed by atoms with Crippen molar-refractivity contribution >= 4 is 24.0 Å². The summed E-state index contributed by atoms with van der Waals surface area (Å²) in [4.78, 5) is 33.4. The molecule has 0 aromatic heterocycles. The molecule has 1 aromatic carbocycles. The number of carboxylic acid groups (broad SMARTS) is 1. The monoisotopic (exact) mass is 291 g/mol. The smallest absolute Gasteiger partial charge is 0.335 e. The topological polar surface area (TPSA) is 108 Å². The fourth-order valence-electron chi connectivity index (χ4n) is 1.31. The number of amides is 2. The molecule has 2 amide bonds. The largest absolute Gasteiger partial charge is 0.478 e. The zero-order chi connectivity index (χ0) is 15.8. The van der Waals surface area contributed by atoms with Crippen molar-refractivity contribution in [3.8, 4) is 0 Å². The number of hydrazone groups is 1. The van der Waals surface area contributed by atoms with Crippen LogP contribution in [-0.4, -0.2) is 35.6 Å². The predicted octanol–water partition coefficient (Wildman–Crippen LogP) is 0.607. The van der Waals surface area contributed by atoms with Gasteiger partial charge in [0.05, 0.1) is 11.8 Å². The Morgan fingerprint density at radius 1 is 1.19 bits per heavy atom. The van der Waals surface area contributed by atoms with Crippen molar-refractivity contribution in [2.45, 2.75) is 13.8 Å². The number of carbonyl (C=O) groups excluding carboxylic acids is 2. The van der Waals surface area contributed by atoms with Gasteiger partial charge in [-0.15, -0.1) is 0 Å². The van der Waals surface area contributed by atoms with E-state index in [1.807, 2.05) is 13.8 Å². The van der Waals surface area contributed by atoms with Gasteiger partial charge in [-0.2, -0.15) is 5.10 Å². The van der Waals surface area contributed by atoms with Gasteiger partial charge in [0.15, 0.2) is 0 Å². The van der Waals surface area contributed by atoms with Crippen molar-refractivity contribution in [1.29, 1.82) is 0 Å². The minimum absolute atomic E-state index is 0.157. The second-order valence-electron chi connectivity index (χ2n) is 4.73. The molecule has 0 aliphatic carbocycles. The van der Waals surface area contributed by atoms with Gasteiger partial charge in [0.2, 0.25) is 0 Å². The second kappa shape index (κ2) is 7.78. The van der Waals surface area contributed by atoms with Gasteiger partial charge in [-0.25, -0.2) is 10.2 Å². The third-order valence-corrected chi connectivity index (χ3v) is 2.41. The molecular weight excluding hydrogens is 274 g/mol. The molecule has 3 N–H and O–H groups in total. The van der Waals surface area contributed by atoms with Crippen LogP contribution in [0.25, 0.3) is 0 Å². The van der Waals surface area contributed by atoms with Crippen LogP contribution < -0.4 is 10.7 Å². The lowest BCUT2D eigenvalue weighted by Crippen LogP contribution is -2.39. The molecule has 0 saturated carbocycles. The molecule has 21 heavy (non-hydrogen) atoms. The first-order chi connectivity index (χ1) is 9.90. The zero-order valence-corrected chi connectivity index (χ0v) is 11.8. The van der Waals surface area contributed by atoms with Crippen LogP contribution in [0.1, 0.15) is 29.8 Å². The molecule has 0 fully saturated rings.